The highest BCUT2D eigenvalue weighted by Gasteiger charge is 2.14. The third kappa shape index (κ3) is 5.82. The normalized spacial score (nSPS) is 10.5. The van der Waals surface area contributed by atoms with Crippen LogP contribution in [0.15, 0.2) is 54.6 Å². The molecule has 2 aromatic carbocycles. The molecule has 24 heavy (non-hydrogen) atoms. The molecule has 0 fully saturated rings. The molecule has 2 aromatic rings. The van der Waals surface area contributed by atoms with Gasteiger partial charge in [0.1, 0.15) is 0 Å². The molecule has 0 aromatic heterocycles. The Labute approximate surface area is 144 Å². The molecule has 0 bridgehead atoms. The van der Waals surface area contributed by atoms with Crippen molar-refractivity contribution in [3.05, 3.63) is 60.2 Å². The van der Waals surface area contributed by atoms with Gasteiger partial charge in [-0.2, -0.15) is 4.89 Å². The molecule has 2 rings (SSSR count). The number of hydrogen-bond donors (Lipinski definition) is 0. The number of unbranched alkanes of at least 4 members (excludes halogenated alkanes) is 5. The highest BCUT2D eigenvalue weighted by atomic mass is 17.2. The maximum atomic E-state index is 12.3. The molecule has 0 N–H and O–H groups in total. The van der Waals surface area contributed by atoms with Crippen molar-refractivity contribution in [3.8, 4) is 11.1 Å². The SMILES string of the molecule is CCCCCCCCOOC(=O)c1ccccc1-c1ccccc1. The summed E-state index contributed by atoms with van der Waals surface area (Å²) in [6.45, 7) is 2.65. The predicted octanol–water partition coefficient (Wildman–Crippen LogP) is 5.80. The van der Waals surface area contributed by atoms with E-state index in [-0.39, 0.29) is 0 Å². The van der Waals surface area contributed by atoms with Crippen molar-refractivity contribution in [2.24, 2.45) is 0 Å². The fraction of sp³-hybridized carbons (Fsp3) is 0.381. The zero-order chi connectivity index (χ0) is 17.0. The maximum Gasteiger partial charge on any atom is 0.373 e. The quantitative estimate of drug-likeness (QED) is 0.314. The Morgan fingerprint density at radius 3 is 2.29 bits per heavy atom. The van der Waals surface area contributed by atoms with Gasteiger partial charge in [0.2, 0.25) is 0 Å². The Kier molecular flexibility index (Phi) is 8.05. The van der Waals surface area contributed by atoms with Crippen LogP contribution in [-0.4, -0.2) is 12.6 Å². The molecule has 0 aliphatic heterocycles. The fourth-order valence-corrected chi connectivity index (χ4v) is 2.61. The first-order chi connectivity index (χ1) is 11.8. The monoisotopic (exact) mass is 326 g/mol. The van der Waals surface area contributed by atoms with Crippen LogP contribution in [0, 0.1) is 0 Å². The van der Waals surface area contributed by atoms with Crippen molar-refractivity contribution in [3.63, 3.8) is 0 Å². The van der Waals surface area contributed by atoms with Gasteiger partial charge >= 0.3 is 5.97 Å². The van der Waals surface area contributed by atoms with Crippen molar-refractivity contribution < 1.29 is 14.6 Å². The molecule has 0 saturated heterocycles. The first-order valence-corrected chi connectivity index (χ1v) is 8.81. The summed E-state index contributed by atoms with van der Waals surface area (Å²) < 4.78 is 0. The zero-order valence-electron chi connectivity index (χ0n) is 14.4. The third-order valence-electron chi connectivity index (χ3n) is 3.95. The summed E-state index contributed by atoms with van der Waals surface area (Å²) >= 11 is 0. The van der Waals surface area contributed by atoms with Gasteiger partial charge < -0.3 is 0 Å². The van der Waals surface area contributed by atoms with E-state index in [0.717, 1.165) is 24.0 Å². The second kappa shape index (κ2) is 10.6. The van der Waals surface area contributed by atoms with Crippen LogP contribution in [0.3, 0.4) is 0 Å². The van der Waals surface area contributed by atoms with Crippen molar-refractivity contribution in [1.29, 1.82) is 0 Å². The minimum absolute atomic E-state index is 0.444. The molecule has 0 heterocycles. The van der Waals surface area contributed by atoms with E-state index >= 15 is 0 Å². The number of carbonyl (C=O) groups excluding carboxylic acids is 1. The van der Waals surface area contributed by atoms with Gasteiger partial charge in [0.15, 0.2) is 0 Å². The molecule has 0 amide bonds. The number of hydrogen-bond acceptors (Lipinski definition) is 3. The van der Waals surface area contributed by atoms with Gasteiger partial charge in [-0.1, -0.05) is 87.6 Å². The predicted molar refractivity (Wildman–Crippen MR) is 96.6 cm³/mol. The van der Waals surface area contributed by atoms with Crippen LogP contribution in [0.2, 0.25) is 0 Å². The third-order valence-corrected chi connectivity index (χ3v) is 3.95. The molecule has 0 radical (unpaired) electrons. The second-order valence-corrected chi connectivity index (χ2v) is 5.87. The number of rotatable bonds is 10. The lowest BCUT2D eigenvalue weighted by molar-refractivity contribution is -0.241. The average Bonchev–Trinajstić information content (AvgIpc) is 2.64. The summed E-state index contributed by atoms with van der Waals surface area (Å²) in [5.74, 6) is -0.444. The topological polar surface area (TPSA) is 35.5 Å². The zero-order valence-corrected chi connectivity index (χ0v) is 14.4. The molecule has 0 spiro atoms. The van der Waals surface area contributed by atoms with Gasteiger partial charge in [0, 0.05) is 0 Å². The van der Waals surface area contributed by atoms with Gasteiger partial charge in [-0.05, 0) is 23.6 Å². The van der Waals surface area contributed by atoms with Crippen molar-refractivity contribution >= 4 is 5.97 Å². The molecule has 3 nitrogen and oxygen atoms in total. The van der Waals surface area contributed by atoms with Gasteiger partial charge in [0.05, 0.1) is 12.2 Å². The molecular formula is C21H26O3. The van der Waals surface area contributed by atoms with Gasteiger partial charge in [-0.3, -0.25) is 4.89 Å². The summed E-state index contributed by atoms with van der Waals surface area (Å²) in [7, 11) is 0. The van der Waals surface area contributed by atoms with Crippen molar-refractivity contribution in [2.45, 2.75) is 45.4 Å². The van der Waals surface area contributed by atoms with E-state index in [1.54, 1.807) is 6.07 Å². The summed E-state index contributed by atoms with van der Waals surface area (Å²) in [5.41, 5.74) is 2.36. The number of benzene rings is 2. The Balaban J connectivity index is 1.81. The maximum absolute atomic E-state index is 12.3. The lowest BCUT2D eigenvalue weighted by Crippen LogP contribution is -2.08. The van der Waals surface area contributed by atoms with E-state index in [2.05, 4.69) is 6.92 Å². The second-order valence-electron chi connectivity index (χ2n) is 5.87. The first kappa shape index (κ1) is 18.2. The number of carbonyl (C=O) groups is 1. The minimum Gasteiger partial charge on any atom is -0.293 e. The lowest BCUT2D eigenvalue weighted by Gasteiger charge is -2.09. The van der Waals surface area contributed by atoms with Crippen LogP contribution >= 0.6 is 0 Å². The summed E-state index contributed by atoms with van der Waals surface area (Å²) in [6.07, 6.45) is 7.03. The first-order valence-electron chi connectivity index (χ1n) is 8.81. The van der Waals surface area contributed by atoms with E-state index in [1.165, 1.54) is 25.7 Å². The summed E-state index contributed by atoms with van der Waals surface area (Å²) in [6, 6.07) is 17.2. The van der Waals surface area contributed by atoms with E-state index in [9.17, 15) is 4.79 Å². The van der Waals surface area contributed by atoms with E-state index < -0.39 is 5.97 Å². The highest BCUT2D eigenvalue weighted by Crippen LogP contribution is 2.24. The molecule has 128 valence electrons. The summed E-state index contributed by atoms with van der Waals surface area (Å²) in [4.78, 5) is 22.3. The summed E-state index contributed by atoms with van der Waals surface area (Å²) in [5, 5.41) is 0. The Hall–Kier alpha value is -2.13. The average molecular weight is 326 g/mol. The molecule has 0 unspecified atom stereocenters. The fourth-order valence-electron chi connectivity index (χ4n) is 2.61. The Morgan fingerprint density at radius 1 is 0.833 bits per heavy atom. The van der Waals surface area contributed by atoms with E-state index in [1.807, 2.05) is 48.5 Å². The molecule has 0 atom stereocenters. The van der Waals surface area contributed by atoms with Crippen LogP contribution in [0.4, 0.5) is 0 Å². The van der Waals surface area contributed by atoms with Gasteiger partial charge in [0.25, 0.3) is 0 Å². The molecule has 0 saturated carbocycles. The van der Waals surface area contributed by atoms with Crippen LogP contribution < -0.4 is 0 Å². The minimum atomic E-state index is -0.444. The van der Waals surface area contributed by atoms with Crippen LogP contribution in [0.5, 0.6) is 0 Å². The molecule has 0 aliphatic carbocycles. The molecule has 0 aliphatic rings. The molecule has 3 heteroatoms. The van der Waals surface area contributed by atoms with Crippen LogP contribution in [-0.2, 0) is 9.78 Å². The van der Waals surface area contributed by atoms with E-state index in [4.69, 9.17) is 9.78 Å². The van der Waals surface area contributed by atoms with Crippen molar-refractivity contribution in [1.82, 2.24) is 0 Å². The van der Waals surface area contributed by atoms with Crippen LogP contribution in [0.1, 0.15) is 55.8 Å². The largest absolute Gasteiger partial charge is 0.373 e. The van der Waals surface area contributed by atoms with Gasteiger partial charge in [-0.25, -0.2) is 4.79 Å². The smallest absolute Gasteiger partial charge is 0.293 e. The Morgan fingerprint density at radius 2 is 1.50 bits per heavy atom. The van der Waals surface area contributed by atoms with Gasteiger partial charge in [-0.15, -0.1) is 0 Å². The van der Waals surface area contributed by atoms with E-state index in [0.29, 0.717) is 12.2 Å². The standard InChI is InChI=1S/C21H26O3/c1-2-3-4-5-6-12-17-23-24-21(22)20-16-11-10-15-19(20)18-13-8-7-9-14-18/h7-11,13-16H,2-6,12,17H2,1H3. The molecular weight excluding hydrogens is 300 g/mol. The highest BCUT2D eigenvalue weighted by molar-refractivity contribution is 5.96. The lowest BCUT2D eigenvalue weighted by atomic mass is 10.00. The Bertz CT molecular complexity index is 607. The van der Waals surface area contributed by atoms with Crippen molar-refractivity contribution in [2.75, 3.05) is 6.61 Å². The van der Waals surface area contributed by atoms with Crippen LogP contribution in [0.25, 0.3) is 11.1 Å².